The van der Waals surface area contributed by atoms with Crippen molar-refractivity contribution in [2.75, 3.05) is 26.2 Å². The summed E-state index contributed by atoms with van der Waals surface area (Å²) in [5.41, 5.74) is 2.64. The fourth-order valence-electron chi connectivity index (χ4n) is 4.38. The zero-order valence-electron chi connectivity index (χ0n) is 15.4. The van der Waals surface area contributed by atoms with Crippen molar-refractivity contribution in [3.05, 3.63) is 29.3 Å². The third-order valence-corrected chi connectivity index (χ3v) is 6.24. The minimum absolute atomic E-state index is 0.0514. The van der Waals surface area contributed by atoms with E-state index < -0.39 is 12.0 Å². The maximum absolute atomic E-state index is 13.1. The summed E-state index contributed by atoms with van der Waals surface area (Å²) in [5, 5.41) is 17.9. The largest absolute Gasteiger partial charge is 0.491 e. The number of amides is 3. The number of hydroxylamine groups is 1. The van der Waals surface area contributed by atoms with Crippen molar-refractivity contribution < 1.29 is 29.4 Å². The van der Waals surface area contributed by atoms with E-state index in [1.165, 1.54) is 4.90 Å². The number of carbonyl (C=O) groups excluding carboxylic acids is 2. The molecular formula is C19H23N3O6. The maximum atomic E-state index is 13.1. The predicted octanol–water partition coefficient (Wildman–Crippen LogP) is 1.31. The van der Waals surface area contributed by atoms with Gasteiger partial charge in [0, 0.05) is 36.7 Å². The fourth-order valence-corrected chi connectivity index (χ4v) is 4.38. The van der Waals surface area contributed by atoms with Crippen molar-refractivity contribution >= 4 is 17.9 Å². The predicted molar refractivity (Wildman–Crippen MR) is 96.0 cm³/mol. The van der Waals surface area contributed by atoms with Gasteiger partial charge in [-0.3, -0.25) is 14.8 Å². The van der Waals surface area contributed by atoms with Crippen LogP contribution in [0.2, 0.25) is 0 Å². The Balaban J connectivity index is 1.43. The van der Waals surface area contributed by atoms with Gasteiger partial charge in [-0.05, 0) is 36.8 Å². The number of rotatable bonds is 2. The van der Waals surface area contributed by atoms with Crippen LogP contribution in [0.1, 0.15) is 35.2 Å². The number of hydrogen-bond donors (Lipinski definition) is 3. The second-order valence-electron chi connectivity index (χ2n) is 7.76. The van der Waals surface area contributed by atoms with Gasteiger partial charge in [0.1, 0.15) is 12.4 Å². The van der Waals surface area contributed by atoms with Crippen LogP contribution in [0.25, 0.3) is 0 Å². The van der Waals surface area contributed by atoms with E-state index in [2.05, 4.69) is 0 Å². The minimum atomic E-state index is -0.895. The Labute approximate surface area is 161 Å². The first kappa shape index (κ1) is 18.5. The molecule has 9 nitrogen and oxygen atoms in total. The van der Waals surface area contributed by atoms with E-state index in [4.69, 9.17) is 15.1 Å². The molecular weight excluding hydrogens is 366 g/mol. The van der Waals surface area contributed by atoms with Gasteiger partial charge in [0.25, 0.3) is 5.91 Å². The van der Waals surface area contributed by atoms with Crippen LogP contribution in [0, 0.1) is 11.3 Å². The molecule has 150 valence electrons. The number of carboxylic acid groups (broad SMARTS) is 1. The number of nitrogens with zero attached hydrogens (tertiary/aromatic N) is 2. The second-order valence-corrected chi connectivity index (χ2v) is 7.76. The zero-order valence-corrected chi connectivity index (χ0v) is 15.4. The summed E-state index contributed by atoms with van der Waals surface area (Å²) >= 11 is 0. The fraction of sp³-hybridized carbons (Fsp3) is 0.526. The van der Waals surface area contributed by atoms with Gasteiger partial charge in [-0.25, -0.2) is 10.3 Å². The summed E-state index contributed by atoms with van der Waals surface area (Å²) in [6.07, 6.45) is 1.39. The molecule has 28 heavy (non-hydrogen) atoms. The van der Waals surface area contributed by atoms with Gasteiger partial charge < -0.3 is 19.6 Å². The Bertz CT molecular complexity index is 818. The standard InChI is InChI=1S/C19H23N3O6/c23-16(20-27)12-1-2-13-11-22(7-8-28-15(13)9-12)17(24)14-10-19(14)3-5-21(6-4-19)18(25)26/h1-2,9,14,27H,3-8,10-11H2,(H,20,23)(H,25,26). The molecule has 2 heterocycles. The van der Waals surface area contributed by atoms with E-state index >= 15 is 0 Å². The second kappa shape index (κ2) is 6.97. The van der Waals surface area contributed by atoms with E-state index in [-0.39, 0.29) is 22.8 Å². The van der Waals surface area contributed by atoms with Crippen LogP contribution < -0.4 is 10.2 Å². The van der Waals surface area contributed by atoms with Crippen LogP contribution >= 0.6 is 0 Å². The molecule has 1 aromatic rings. The molecule has 1 saturated heterocycles. The molecule has 0 radical (unpaired) electrons. The number of likely N-dealkylation sites (tertiary alicyclic amines) is 1. The number of piperidine rings is 1. The highest BCUT2D eigenvalue weighted by molar-refractivity contribution is 5.93. The molecule has 3 amide bonds. The van der Waals surface area contributed by atoms with Gasteiger partial charge in [0.05, 0.1) is 6.54 Å². The van der Waals surface area contributed by atoms with Crippen molar-refractivity contribution in [2.24, 2.45) is 11.3 Å². The molecule has 1 aromatic carbocycles. The van der Waals surface area contributed by atoms with E-state index in [0.717, 1.165) is 24.8 Å². The molecule has 0 aromatic heterocycles. The van der Waals surface area contributed by atoms with E-state index in [1.807, 2.05) is 0 Å². The molecule has 9 heteroatoms. The lowest BCUT2D eigenvalue weighted by Gasteiger charge is -2.31. The molecule has 1 aliphatic carbocycles. The molecule has 4 rings (SSSR count). The smallest absolute Gasteiger partial charge is 0.407 e. The Hall–Kier alpha value is -2.81. The van der Waals surface area contributed by atoms with E-state index in [1.54, 1.807) is 28.6 Å². The highest BCUT2D eigenvalue weighted by atomic mass is 16.5. The summed E-state index contributed by atoms with van der Waals surface area (Å²) in [6, 6.07) is 4.89. The minimum Gasteiger partial charge on any atom is -0.491 e. The molecule has 1 spiro atoms. The third-order valence-electron chi connectivity index (χ3n) is 6.24. The van der Waals surface area contributed by atoms with Gasteiger partial charge in [-0.15, -0.1) is 0 Å². The molecule has 1 atom stereocenters. The molecule has 1 saturated carbocycles. The number of nitrogens with one attached hydrogen (secondary N) is 1. The van der Waals surface area contributed by atoms with Crippen molar-refractivity contribution in [3.8, 4) is 5.75 Å². The SMILES string of the molecule is O=C(NO)c1ccc2c(c1)OCCN(C(=O)C1CC13CCN(C(=O)O)CC3)C2. The van der Waals surface area contributed by atoms with Crippen molar-refractivity contribution in [3.63, 3.8) is 0 Å². The Morgan fingerprint density at radius 2 is 1.89 bits per heavy atom. The van der Waals surface area contributed by atoms with Gasteiger partial charge in [0.2, 0.25) is 5.91 Å². The van der Waals surface area contributed by atoms with Gasteiger partial charge >= 0.3 is 6.09 Å². The monoisotopic (exact) mass is 389 g/mol. The van der Waals surface area contributed by atoms with Gasteiger partial charge in [-0.1, -0.05) is 6.07 Å². The average Bonchev–Trinajstić information content (AvgIpc) is 3.44. The van der Waals surface area contributed by atoms with Crippen LogP contribution in [0.4, 0.5) is 4.79 Å². The normalized spacial score (nSPS) is 22.7. The number of hydrogen-bond acceptors (Lipinski definition) is 5. The molecule has 1 unspecified atom stereocenters. The third kappa shape index (κ3) is 3.26. The Kier molecular flexibility index (Phi) is 4.62. The maximum Gasteiger partial charge on any atom is 0.407 e. The number of benzene rings is 1. The summed E-state index contributed by atoms with van der Waals surface area (Å²) in [6.45, 7) is 2.17. The Morgan fingerprint density at radius 1 is 1.14 bits per heavy atom. The summed E-state index contributed by atoms with van der Waals surface area (Å²) < 4.78 is 5.71. The number of ether oxygens (including phenoxy) is 1. The lowest BCUT2D eigenvalue weighted by Crippen LogP contribution is -2.40. The average molecular weight is 389 g/mol. The van der Waals surface area contributed by atoms with Gasteiger partial charge in [-0.2, -0.15) is 0 Å². The molecule has 0 bridgehead atoms. The van der Waals surface area contributed by atoms with Crippen LogP contribution in [0.15, 0.2) is 18.2 Å². The molecule has 3 aliphatic rings. The molecule has 2 aliphatic heterocycles. The highest BCUT2D eigenvalue weighted by Gasteiger charge is 2.59. The van der Waals surface area contributed by atoms with Crippen LogP contribution in [-0.4, -0.2) is 64.3 Å². The number of carbonyl (C=O) groups is 3. The van der Waals surface area contributed by atoms with Crippen LogP contribution in [0.5, 0.6) is 5.75 Å². The van der Waals surface area contributed by atoms with E-state index in [0.29, 0.717) is 38.5 Å². The molecule has 2 fully saturated rings. The summed E-state index contributed by atoms with van der Waals surface area (Å²) in [4.78, 5) is 38.9. The first-order chi connectivity index (χ1) is 13.4. The van der Waals surface area contributed by atoms with E-state index in [9.17, 15) is 14.4 Å². The van der Waals surface area contributed by atoms with Gasteiger partial charge in [0.15, 0.2) is 0 Å². The quantitative estimate of drug-likeness (QED) is 0.518. The zero-order chi connectivity index (χ0) is 19.9. The topological polar surface area (TPSA) is 119 Å². The Morgan fingerprint density at radius 3 is 2.57 bits per heavy atom. The number of fused-ring (bicyclic) bond motifs is 1. The lowest BCUT2D eigenvalue weighted by molar-refractivity contribution is -0.134. The van der Waals surface area contributed by atoms with Crippen LogP contribution in [0.3, 0.4) is 0 Å². The highest BCUT2D eigenvalue weighted by Crippen LogP contribution is 2.60. The first-order valence-electron chi connectivity index (χ1n) is 9.40. The lowest BCUT2D eigenvalue weighted by atomic mass is 9.90. The summed E-state index contributed by atoms with van der Waals surface area (Å²) in [5.74, 6) is -0.0327. The van der Waals surface area contributed by atoms with Crippen molar-refractivity contribution in [1.82, 2.24) is 15.3 Å². The van der Waals surface area contributed by atoms with Crippen molar-refractivity contribution in [1.29, 1.82) is 0 Å². The van der Waals surface area contributed by atoms with Crippen LogP contribution in [-0.2, 0) is 11.3 Å². The van der Waals surface area contributed by atoms with Crippen molar-refractivity contribution in [2.45, 2.75) is 25.8 Å². The summed E-state index contributed by atoms with van der Waals surface area (Å²) in [7, 11) is 0. The first-order valence-corrected chi connectivity index (χ1v) is 9.40. The molecule has 3 N–H and O–H groups in total.